The Morgan fingerprint density at radius 2 is 1.97 bits per heavy atom. The van der Waals surface area contributed by atoms with Gasteiger partial charge in [-0.2, -0.15) is 0 Å². The Labute approximate surface area is 168 Å². The standard InChI is InChI=1S/C23H22N4O2/c1-16(21-9-5-11-29-21)27(2)15-17-6-3-7-18(12-17)23-25-20(13-22(28)26-23)19-8-4-10-24-14-19/h3-14,16H,15H2,1-2H3,(H,25,26,28). The quantitative estimate of drug-likeness (QED) is 0.535. The Morgan fingerprint density at radius 3 is 2.72 bits per heavy atom. The SMILES string of the molecule is CC(c1ccco1)N(C)Cc1cccc(-c2nc(-c3cccnc3)cc(=O)[nH]2)c1. The molecule has 0 fully saturated rings. The second-order valence-corrected chi connectivity index (χ2v) is 7.03. The first-order valence-electron chi connectivity index (χ1n) is 9.45. The average Bonchev–Trinajstić information content (AvgIpc) is 3.28. The maximum atomic E-state index is 12.2. The minimum absolute atomic E-state index is 0.153. The van der Waals surface area contributed by atoms with E-state index in [1.165, 1.54) is 6.07 Å². The normalized spacial score (nSPS) is 12.2. The second kappa shape index (κ2) is 8.24. The van der Waals surface area contributed by atoms with E-state index in [0.717, 1.165) is 29.0 Å². The van der Waals surface area contributed by atoms with Gasteiger partial charge in [0.15, 0.2) is 0 Å². The average molecular weight is 386 g/mol. The molecule has 3 aromatic heterocycles. The molecule has 0 aliphatic carbocycles. The zero-order valence-electron chi connectivity index (χ0n) is 16.4. The maximum Gasteiger partial charge on any atom is 0.251 e. The fraction of sp³-hybridized carbons (Fsp3) is 0.174. The lowest BCUT2D eigenvalue weighted by molar-refractivity contribution is 0.223. The van der Waals surface area contributed by atoms with Crippen LogP contribution >= 0.6 is 0 Å². The summed E-state index contributed by atoms with van der Waals surface area (Å²) >= 11 is 0. The van der Waals surface area contributed by atoms with Crippen molar-refractivity contribution in [2.45, 2.75) is 19.5 Å². The molecule has 4 rings (SSSR count). The van der Waals surface area contributed by atoms with Crippen molar-refractivity contribution < 1.29 is 4.42 Å². The molecular formula is C23H22N4O2. The Balaban J connectivity index is 1.61. The zero-order valence-corrected chi connectivity index (χ0v) is 16.4. The van der Waals surface area contributed by atoms with Crippen LogP contribution in [0.4, 0.5) is 0 Å². The van der Waals surface area contributed by atoms with E-state index >= 15 is 0 Å². The predicted octanol–water partition coefficient (Wildman–Crippen LogP) is 4.28. The second-order valence-electron chi connectivity index (χ2n) is 7.03. The van der Waals surface area contributed by atoms with Crippen molar-refractivity contribution in [1.82, 2.24) is 19.9 Å². The number of hydrogen-bond acceptors (Lipinski definition) is 5. The Bertz CT molecular complexity index is 1140. The molecular weight excluding hydrogens is 364 g/mol. The van der Waals surface area contributed by atoms with Crippen molar-refractivity contribution >= 4 is 0 Å². The largest absolute Gasteiger partial charge is 0.468 e. The molecule has 1 unspecified atom stereocenters. The number of nitrogens with one attached hydrogen (secondary N) is 1. The van der Waals surface area contributed by atoms with Crippen LogP contribution in [0.5, 0.6) is 0 Å². The Morgan fingerprint density at radius 1 is 1.10 bits per heavy atom. The Kier molecular flexibility index (Phi) is 5.35. The third-order valence-electron chi connectivity index (χ3n) is 4.95. The van der Waals surface area contributed by atoms with Crippen molar-refractivity contribution in [3.05, 3.63) is 94.9 Å². The molecule has 0 spiro atoms. The lowest BCUT2D eigenvalue weighted by Gasteiger charge is -2.23. The van der Waals surface area contributed by atoms with Gasteiger partial charge in [-0.25, -0.2) is 4.98 Å². The summed E-state index contributed by atoms with van der Waals surface area (Å²) in [6, 6.07) is 17.3. The van der Waals surface area contributed by atoms with E-state index in [1.54, 1.807) is 18.7 Å². The smallest absolute Gasteiger partial charge is 0.251 e. The van der Waals surface area contributed by atoms with Crippen molar-refractivity contribution in [2.24, 2.45) is 0 Å². The van der Waals surface area contributed by atoms with Gasteiger partial charge < -0.3 is 9.40 Å². The molecule has 1 aromatic carbocycles. The van der Waals surface area contributed by atoms with Crippen molar-refractivity contribution in [3.8, 4) is 22.6 Å². The number of rotatable bonds is 6. The first kappa shape index (κ1) is 18.8. The number of pyridine rings is 1. The summed E-state index contributed by atoms with van der Waals surface area (Å²) in [4.78, 5) is 26.0. The van der Waals surface area contributed by atoms with Crippen LogP contribution in [0.3, 0.4) is 0 Å². The number of hydrogen-bond donors (Lipinski definition) is 1. The van der Waals surface area contributed by atoms with Crippen LogP contribution in [-0.4, -0.2) is 26.9 Å². The van der Waals surface area contributed by atoms with E-state index in [1.807, 2.05) is 36.4 Å². The van der Waals surface area contributed by atoms with E-state index in [9.17, 15) is 4.79 Å². The van der Waals surface area contributed by atoms with Gasteiger partial charge in [0.25, 0.3) is 5.56 Å². The molecule has 0 radical (unpaired) electrons. The molecule has 6 heteroatoms. The van der Waals surface area contributed by atoms with Gasteiger partial charge in [-0.1, -0.05) is 18.2 Å². The van der Waals surface area contributed by atoms with Crippen molar-refractivity contribution in [3.63, 3.8) is 0 Å². The van der Waals surface area contributed by atoms with Crippen molar-refractivity contribution in [2.75, 3.05) is 7.05 Å². The molecule has 0 aliphatic rings. The molecule has 0 amide bonds. The number of aromatic amines is 1. The zero-order chi connectivity index (χ0) is 20.2. The summed E-state index contributed by atoms with van der Waals surface area (Å²) in [6.45, 7) is 2.85. The van der Waals surface area contributed by atoms with Gasteiger partial charge in [0, 0.05) is 36.1 Å². The van der Waals surface area contributed by atoms with Gasteiger partial charge >= 0.3 is 0 Å². The monoisotopic (exact) mass is 386 g/mol. The predicted molar refractivity (Wildman–Crippen MR) is 112 cm³/mol. The van der Waals surface area contributed by atoms with E-state index < -0.39 is 0 Å². The summed E-state index contributed by atoms with van der Waals surface area (Å²) in [5.41, 5.74) is 3.21. The fourth-order valence-electron chi connectivity index (χ4n) is 3.24. The molecule has 3 heterocycles. The van der Waals surface area contributed by atoms with Crippen LogP contribution < -0.4 is 5.56 Å². The molecule has 0 saturated heterocycles. The summed E-state index contributed by atoms with van der Waals surface area (Å²) in [5, 5.41) is 0. The molecule has 6 nitrogen and oxygen atoms in total. The molecule has 0 saturated carbocycles. The van der Waals surface area contributed by atoms with E-state index in [0.29, 0.717) is 11.5 Å². The summed E-state index contributed by atoms with van der Waals surface area (Å²) < 4.78 is 5.52. The highest BCUT2D eigenvalue weighted by molar-refractivity contribution is 5.63. The highest BCUT2D eigenvalue weighted by Crippen LogP contribution is 2.23. The van der Waals surface area contributed by atoms with Crippen LogP contribution in [-0.2, 0) is 6.54 Å². The summed E-state index contributed by atoms with van der Waals surface area (Å²) in [6.07, 6.45) is 5.09. The third kappa shape index (κ3) is 4.33. The van der Waals surface area contributed by atoms with Gasteiger partial charge in [0.1, 0.15) is 11.6 Å². The Hall–Kier alpha value is -3.51. The molecule has 4 aromatic rings. The van der Waals surface area contributed by atoms with E-state index in [4.69, 9.17) is 4.42 Å². The summed E-state index contributed by atoms with van der Waals surface area (Å²) in [5.74, 6) is 1.47. The topological polar surface area (TPSA) is 75.0 Å². The number of furan rings is 1. The van der Waals surface area contributed by atoms with Gasteiger partial charge in [-0.3, -0.25) is 14.7 Å². The molecule has 1 atom stereocenters. The molecule has 146 valence electrons. The van der Waals surface area contributed by atoms with Crippen LogP contribution in [0.25, 0.3) is 22.6 Å². The van der Waals surface area contributed by atoms with Crippen molar-refractivity contribution in [1.29, 1.82) is 0 Å². The lowest BCUT2D eigenvalue weighted by Crippen LogP contribution is -2.21. The van der Waals surface area contributed by atoms with Crippen LogP contribution in [0, 0.1) is 0 Å². The molecule has 0 bridgehead atoms. The number of H-pyrrole nitrogens is 1. The first-order valence-corrected chi connectivity index (χ1v) is 9.45. The molecule has 29 heavy (non-hydrogen) atoms. The number of benzene rings is 1. The van der Waals surface area contributed by atoms with E-state index in [-0.39, 0.29) is 11.6 Å². The maximum absolute atomic E-state index is 12.2. The van der Waals surface area contributed by atoms with Crippen LogP contribution in [0.1, 0.15) is 24.3 Å². The lowest BCUT2D eigenvalue weighted by atomic mass is 10.1. The van der Waals surface area contributed by atoms with Crippen LogP contribution in [0.15, 0.2) is 82.5 Å². The number of aromatic nitrogens is 3. The minimum atomic E-state index is -0.192. The third-order valence-corrected chi connectivity index (χ3v) is 4.95. The van der Waals surface area contributed by atoms with Gasteiger partial charge in [-0.05, 0) is 49.9 Å². The number of nitrogens with zero attached hydrogens (tertiary/aromatic N) is 3. The van der Waals surface area contributed by atoms with Gasteiger partial charge in [0.2, 0.25) is 0 Å². The summed E-state index contributed by atoms with van der Waals surface area (Å²) in [7, 11) is 2.06. The van der Waals surface area contributed by atoms with Crippen LogP contribution in [0.2, 0.25) is 0 Å². The van der Waals surface area contributed by atoms with Gasteiger partial charge in [-0.15, -0.1) is 0 Å². The van der Waals surface area contributed by atoms with Gasteiger partial charge in [0.05, 0.1) is 18.0 Å². The molecule has 1 N–H and O–H groups in total. The highest BCUT2D eigenvalue weighted by atomic mass is 16.3. The minimum Gasteiger partial charge on any atom is -0.468 e. The van der Waals surface area contributed by atoms with E-state index in [2.05, 4.69) is 46.0 Å². The molecule has 0 aliphatic heterocycles. The highest BCUT2D eigenvalue weighted by Gasteiger charge is 2.15. The fourth-order valence-corrected chi connectivity index (χ4v) is 3.24. The first-order chi connectivity index (χ1) is 14.1.